The van der Waals surface area contributed by atoms with Crippen molar-refractivity contribution in [2.75, 3.05) is 13.1 Å². The number of benzene rings is 1. The summed E-state index contributed by atoms with van der Waals surface area (Å²) in [6, 6.07) is 12.3. The molecule has 20 heavy (non-hydrogen) atoms. The molecule has 1 saturated carbocycles. The van der Waals surface area contributed by atoms with Crippen molar-refractivity contribution in [1.82, 2.24) is 10.2 Å². The summed E-state index contributed by atoms with van der Waals surface area (Å²) in [5.41, 5.74) is 1.44. The number of piperidine rings is 1. The minimum atomic E-state index is 0.697. The maximum Gasteiger partial charge on any atom is 0.0234 e. The Morgan fingerprint density at radius 1 is 1.15 bits per heavy atom. The first-order chi connectivity index (χ1) is 9.81. The molecule has 0 spiro atoms. The Kier molecular flexibility index (Phi) is 4.74. The minimum Gasteiger partial charge on any atom is -0.310 e. The van der Waals surface area contributed by atoms with Crippen molar-refractivity contribution in [3.05, 3.63) is 35.9 Å². The number of hydrogen-bond donors (Lipinski definition) is 1. The first-order valence-electron chi connectivity index (χ1n) is 8.33. The predicted octanol–water partition coefficient (Wildman–Crippen LogP) is 3.43. The van der Waals surface area contributed by atoms with E-state index in [0.717, 1.165) is 12.5 Å². The van der Waals surface area contributed by atoms with Crippen LogP contribution in [0.3, 0.4) is 0 Å². The van der Waals surface area contributed by atoms with Gasteiger partial charge in [0, 0.05) is 25.2 Å². The van der Waals surface area contributed by atoms with Gasteiger partial charge in [0.1, 0.15) is 0 Å². The van der Waals surface area contributed by atoms with Gasteiger partial charge in [-0.25, -0.2) is 0 Å². The Bertz CT molecular complexity index is 399. The highest BCUT2D eigenvalue weighted by Crippen LogP contribution is 2.30. The summed E-state index contributed by atoms with van der Waals surface area (Å²) in [4.78, 5) is 2.62. The Morgan fingerprint density at radius 3 is 2.65 bits per heavy atom. The van der Waals surface area contributed by atoms with Crippen molar-refractivity contribution in [2.45, 2.75) is 57.7 Å². The molecule has 2 aliphatic rings. The molecule has 0 radical (unpaired) electrons. The number of likely N-dealkylation sites (tertiary alicyclic amines) is 1. The van der Waals surface area contributed by atoms with Crippen LogP contribution in [0.15, 0.2) is 30.3 Å². The number of rotatable bonds is 5. The molecular weight excluding hydrogens is 244 g/mol. The van der Waals surface area contributed by atoms with E-state index in [1.807, 2.05) is 0 Å². The summed E-state index contributed by atoms with van der Waals surface area (Å²) in [7, 11) is 0. The molecule has 2 nitrogen and oxygen atoms in total. The highest BCUT2D eigenvalue weighted by Gasteiger charge is 2.27. The second-order valence-electron chi connectivity index (χ2n) is 6.71. The van der Waals surface area contributed by atoms with Gasteiger partial charge in [-0.1, -0.05) is 36.8 Å². The lowest BCUT2D eigenvalue weighted by molar-refractivity contribution is 0.153. The molecule has 1 saturated heterocycles. The first-order valence-corrected chi connectivity index (χ1v) is 8.33. The van der Waals surface area contributed by atoms with E-state index >= 15 is 0 Å². The van der Waals surface area contributed by atoms with Gasteiger partial charge in [-0.05, 0) is 50.6 Å². The van der Waals surface area contributed by atoms with Crippen molar-refractivity contribution in [3.8, 4) is 0 Å². The summed E-state index contributed by atoms with van der Waals surface area (Å²) in [6.45, 7) is 5.97. The predicted molar refractivity (Wildman–Crippen MR) is 84.7 cm³/mol. The highest BCUT2D eigenvalue weighted by molar-refractivity contribution is 5.14. The van der Waals surface area contributed by atoms with Crippen molar-refractivity contribution in [3.63, 3.8) is 0 Å². The van der Waals surface area contributed by atoms with Crippen LogP contribution in [0.5, 0.6) is 0 Å². The molecule has 2 fully saturated rings. The van der Waals surface area contributed by atoms with Crippen molar-refractivity contribution < 1.29 is 0 Å². The van der Waals surface area contributed by atoms with E-state index in [1.165, 1.54) is 50.8 Å². The van der Waals surface area contributed by atoms with Crippen LogP contribution in [-0.4, -0.2) is 30.1 Å². The molecule has 2 heteroatoms. The normalized spacial score (nSPS) is 26.1. The van der Waals surface area contributed by atoms with Gasteiger partial charge in [-0.2, -0.15) is 0 Å². The lowest BCUT2D eigenvalue weighted by Gasteiger charge is -2.38. The zero-order valence-corrected chi connectivity index (χ0v) is 12.7. The van der Waals surface area contributed by atoms with E-state index in [2.05, 4.69) is 47.5 Å². The van der Waals surface area contributed by atoms with Gasteiger partial charge in [0.05, 0.1) is 0 Å². The summed E-state index contributed by atoms with van der Waals surface area (Å²) in [6.07, 6.45) is 7.01. The Balaban J connectivity index is 1.48. The molecule has 1 N–H and O–H groups in total. The van der Waals surface area contributed by atoms with E-state index in [-0.39, 0.29) is 0 Å². The highest BCUT2D eigenvalue weighted by atomic mass is 15.2. The Hall–Kier alpha value is -0.860. The second-order valence-corrected chi connectivity index (χ2v) is 6.71. The lowest BCUT2D eigenvalue weighted by Crippen LogP contribution is -2.50. The zero-order chi connectivity index (χ0) is 13.8. The van der Waals surface area contributed by atoms with Crippen LogP contribution >= 0.6 is 0 Å². The summed E-state index contributed by atoms with van der Waals surface area (Å²) in [5.74, 6) is 0.944. The third kappa shape index (κ3) is 3.62. The molecule has 2 atom stereocenters. The van der Waals surface area contributed by atoms with Gasteiger partial charge in [-0.3, -0.25) is 4.90 Å². The zero-order valence-electron chi connectivity index (χ0n) is 12.7. The summed E-state index contributed by atoms with van der Waals surface area (Å²) >= 11 is 0. The van der Waals surface area contributed by atoms with Crippen molar-refractivity contribution >= 4 is 0 Å². The van der Waals surface area contributed by atoms with Crippen LogP contribution in [0.4, 0.5) is 0 Å². The van der Waals surface area contributed by atoms with Crippen molar-refractivity contribution in [1.29, 1.82) is 0 Å². The fourth-order valence-electron chi connectivity index (χ4n) is 3.62. The monoisotopic (exact) mass is 272 g/mol. The average Bonchev–Trinajstić information content (AvgIpc) is 2.38. The maximum absolute atomic E-state index is 3.89. The molecule has 110 valence electrons. The Labute approximate surface area is 123 Å². The average molecular weight is 272 g/mol. The molecule has 3 rings (SSSR count). The summed E-state index contributed by atoms with van der Waals surface area (Å²) < 4.78 is 0. The maximum atomic E-state index is 3.89. The third-order valence-electron chi connectivity index (χ3n) is 5.11. The third-order valence-corrected chi connectivity index (χ3v) is 5.11. The van der Waals surface area contributed by atoms with Crippen LogP contribution in [0.2, 0.25) is 0 Å². The van der Waals surface area contributed by atoms with Gasteiger partial charge in [0.15, 0.2) is 0 Å². The smallest absolute Gasteiger partial charge is 0.0234 e. The van der Waals surface area contributed by atoms with E-state index < -0.39 is 0 Å². The second kappa shape index (κ2) is 6.73. The van der Waals surface area contributed by atoms with Crippen LogP contribution in [0, 0.1) is 5.92 Å². The lowest BCUT2D eigenvalue weighted by atomic mass is 9.80. The summed E-state index contributed by atoms with van der Waals surface area (Å²) in [5, 5.41) is 3.89. The topological polar surface area (TPSA) is 15.3 Å². The van der Waals surface area contributed by atoms with Gasteiger partial charge >= 0.3 is 0 Å². The first kappa shape index (κ1) is 14.1. The fraction of sp³-hybridized carbons (Fsp3) is 0.667. The molecule has 0 aromatic heterocycles. The van der Waals surface area contributed by atoms with Gasteiger partial charge in [0.2, 0.25) is 0 Å². The van der Waals surface area contributed by atoms with Gasteiger partial charge in [0.25, 0.3) is 0 Å². The molecule has 2 unspecified atom stereocenters. The number of nitrogens with one attached hydrogen (secondary N) is 1. The van der Waals surface area contributed by atoms with Crippen LogP contribution in [0.1, 0.15) is 44.6 Å². The minimum absolute atomic E-state index is 0.697. The largest absolute Gasteiger partial charge is 0.310 e. The molecule has 1 aromatic carbocycles. The number of hydrogen-bond acceptors (Lipinski definition) is 2. The van der Waals surface area contributed by atoms with E-state index in [1.54, 1.807) is 0 Å². The van der Waals surface area contributed by atoms with Crippen LogP contribution in [0.25, 0.3) is 0 Å². The van der Waals surface area contributed by atoms with Gasteiger partial charge in [-0.15, -0.1) is 0 Å². The molecule has 1 heterocycles. The van der Waals surface area contributed by atoms with E-state index in [4.69, 9.17) is 0 Å². The molecule has 1 aliphatic heterocycles. The molecule has 1 aliphatic carbocycles. The van der Waals surface area contributed by atoms with Crippen LogP contribution < -0.4 is 5.32 Å². The van der Waals surface area contributed by atoms with E-state index in [9.17, 15) is 0 Å². The molecule has 0 amide bonds. The molecular formula is C18H28N2. The number of nitrogens with zero attached hydrogens (tertiary/aromatic N) is 1. The van der Waals surface area contributed by atoms with Crippen LogP contribution in [-0.2, 0) is 6.54 Å². The Morgan fingerprint density at radius 2 is 1.95 bits per heavy atom. The van der Waals surface area contributed by atoms with Gasteiger partial charge < -0.3 is 5.32 Å². The van der Waals surface area contributed by atoms with Crippen molar-refractivity contribution in [2.24, 2.45) is 5.92 Å². The SMILES string of the molecule is CC(NC1CCCN(Cc2ccccc2)C1)C1CCC1. The standard InChI is InChI=1S/C18H28N2/c1-15(17-9-5-10-17)19-18-11-6-12-20(14-18)13-16-7-3-2-4-8-16/h2-4,7-8,15,17-19H,5-6,9-14H2,1H3. The molecule has 0 bridgehead atoms. The molecule has 1 aromatic rings. The fourth-order valence-corrected chi connectivity index (χ4v) is 3.62. The van der Waals surface area contributed by atoms with E-state index in [0.29, 0.717) is 12.1 Å². The quantitative estimate of drug-likeness (QED) is 0.883.